The van der Waals surface area contributed by atoms with Gasteiger partial charge in [0.25, 0.3) is 0 Å². The third-order valence-corrected chi connectivity index (χ3v) is 2.29. The molecule has 18 heavy (non-hydrogen) atoms. The molecule has 1 amide bonds. The number of rotatable bonds is 4. The van der Waals surface area contributed by atoms with Crippen LogP contribution in [0, 0.1) is 5.41 Å². The topological polar surface area (TPSA) is 41.1 Å². The molecule has 3 heteroatoms. The lowest BCUT2D eigenvalue weighted by Gasteiger charge is -2.20. The third kappa shape index (κ3) is 6.94. The normalized spacial score (nSPS) is 10.4. The van der Waals surface area contributed by atoms with E-state index < -0.39 is 0 Å². The number of hydrogen-bond donors (Lipinski definition) is 2. The summed E-state index contributed by atoms with van der Waals surface area (Å²) in [5.41, 5.74) is 2.47. The van der Waals surface area contributed by atoms with E-state index in [0.29, 0.717) is 6.54 Å². The van der Waals surface area contributed by atoms with Gasteiger partial charge in [0.05, 0.1) is 0 Å². The SMILES string of the molecule is C.CC(=O)NCc1cccc(NCC(C)(C)C)c1. The summed E-state index contributed by atoms with van der Waals surface area (Å²) < 4.78 is 0. The van der Waals surface area contributed by atoms with Crippen LogP contribution in [-0.2, 0) is 11.3 Å². The van der Waals surface area contributed by atoms with Crippen LogP contribution in [0.2, 0.25) is 0 Å². The predicted octanol–water partition coefficient (Wildman–Crippen LogP) is 3.42. The van der Waals surface area contributed by atoms with Gasteiger partial charge in [-0.15, -0.1) is 0 Å². The number of carbonyl (C=O) groups is 1. The quantitative estimate of drug-likeness (QED) is 0.859. The monoisotopic (exact) mass is 250 g/mol. The lowest BCUT2D eigenvalue weighted by molar-refractivity contribution is -0.119. The molecule has 0 radical (unpaired) electrons. The van der Waals surface area contributed by atoms with Gasteiger partial charge in [-0.2, -0.15) is 0 Å². The second kappa shape index (κ2) is 7.04. The summed E-state index contributed by atoms with van der Waals surface area (Å²) in [5, 5.41) is 6.19. The van der Waals surface area contributed by atoms with Gasteiger partial charge >= 0.3 is 0 Å². The molecule has 0 aliphatic heterocycles. The average molecular weight is 250 g/mol. The Hall–Kier alpha value is -1.51. The summed E-state index contributed by atoms with van der Waals surface area (Å²) in [7, 11) is 0. The maximum absolute atomic E-state index is 10.8. The Kier molecular flexibility index (Phi) is 6.45. The average Bonchev–Trinajstić information content (AvgIpc) is 2.23. The van der Waals surface area contributed by atoms with Crippen LogP contribution in [0.25, 0.3) is 0 Å². The number of amides is 1. The van der Waals surface area contributed by atoms with E-state index in [1.165, 1.54) is 6.92 Å². The van der Waals surface area contributed by atoms with Crippen molar-refractivity contribution in [1.82, 2.24) is 5.32 Å². The first kappa shape index (κ1) is 16.5. The first-order valence-corrected chi connectivity index (χ1v) is 5.94. The first-order valence-electron chi connectivity index (χ1n) is 5.94. The molecule has 0 unspecified atom stereocenters. The van der Waals surface area contributed by atoms with Crippen molar-refractivity contribution >= 4 is 11.6 Å². The van der Waals surface area contributed by atoms with Gasteiger partial charge in [0, 0.05) is 25.7 Å². The van der Waals surface area contributed by atoms with Crippen molar-refractivity contribution in [3.05, 3.63) is 29.8 Å². The smallest absolute Gasteiger partial charge is 0.217 e. The molecule has 102 valence electrons. The van der Waals surface area contributed by atoms with Crippen molar-refractivity contribution < 1.29 is 4.79 Å². The van der Waals surface area contributed by atoms with E-state index in [1.54, 1.807) is 0 Å². The Morgan fingerprint density at radius 2 is 1.94 bits per heavy atom. The van der Waals surface area contributed by atoms with Gasteiger partial charge in [-0.05, 0) is 23.1 Å². The molecule has 0 heterocycles. The molecule has 2 N–H and O–H groups in total. The summed E-state index contributed by atoms with van der Waals surface area (Å²) in [6.45, 7) is 9.63. The Bertz CT molecular complexity index is 380. The minimum Gasteiger partial charge on any atom is -0.385 e. The van der Waals surface area contributed by atoms with Gasteiger partial charge in [-0.25, -0.2) is 0 Å². The van der Waals surface area contributed by atoms with Crippen molar-refractivity contribution in [2.24, 2.45) is 5.41 Å². The van der Waals surface area contributed by atoms with Crippen LogP contribution in [-0.4, -0.2) is 12.5 Å². The second-order valence-electron chi connectivity index (χ2n) is 5.52. The largest absolute Gasteiger partial charge is 0.385 e. The molecule has 0 spiro atoms. The van der Waals surface area contributed by atoms with E-state index in [0.717, 1.165) is 17.8 Å². The molecule has 0 saturated heterocycles. The van der Waals surface area contributed by atoms with E-state index in [-0.39, 0.29) is 18.7 Å². The van der Waals surface area contributed by atoms with Crippen LogP contribution in [0.3, 0.4) is 0 Å². The molecule has 0 aliphatic rings. The molecule has 0 saturated carbocycles. The van der Waals surface area contributed by atoms with Gasteiger partial charge in [-0.1, -0.05) is 40.3 Å². The van der Waals surface area contributed by atoms with Crippen LogP contribution in [0.4, 0.5) is 5.69 Å². The fourth-order valence-electron chi connectivity index (χ4n) is 1.39. The fraction of sp³-hybridized carbons (Fsp3) is 0.533. The minimum absolute atomic E-state index is 0. The number of benzene rings is 1. The van der Waals surface area contributed by atoms with Crippen molar-refractivity contribution in [2.75, 3.05) is 11.9 Å². The summed E-state index contributed by atoms with van der Waals surface area (Å²) in [6, 6.07) is 8.13. The van der Waals surface area contributed by atoms with E-state index in [4.69, 9.17) is 0 Å². The highest BCUT2D eigenvalue weighted by molar-refractivity contribution is 5.72. The molecule has 3 nitrogen and oxygen atoms in total. The van der Waals surface area contributed by atoms with Crippen molar-refractivity contribution in [3.63, 3.8) is 0 Å². The molecule has 1 aromatic carbocycles. The maximum atomic E-state index is 10.8. The Morgan fingerprint density at radius 3 is 2.50 bits per heavy atom. The summed E-state index contributed by atoms with van der Waals surface area (Å²) >= 11 is 0. The van der Waals surface area contributed by atoms with Gasteiger partial charge in [0.15, 0.2) is 0 Å². The highest BCUT2D eigenvalue weighted by Crippen LogP contribution is 2.16. The zero-order valence-electron chi connectivity index (χ0n) is 11.1. The van der Waals surface area contributed by atoms with Crippen LogP contribution >= 0.6 is 0 Å². The summed E-state index contributed by atoms with van der Waals surface area (Å²) in [6.07, 6.45) is 0. The van der Waals surface area contributed by atoms with Gasteiger partial charge in [0.2, 0.25) is 5.91 Å². The molecule has 1 aromatic rings. The number of hydrogen-bond acceptors (Lipinski definition) is 2. The lowest BCUT2D eigenvalue weighted by atomic mass is 9.97. The lowest BCUT2D eigenvalue weighted by Crippen LogP contribution is -2.20. The number of carbonyl (C=O) groups excluding carboxylic acids is 1. The Morgan fingerprint density at radius 1 is 1.28 bits per heavy atom. The van der Waals surface area contributed by atoms with Crippen LogP contribution in [0.1, 0.15) is 40.7 Å². The molecule has 0 bridgehead atoms. The van der Waals surface area contributed by atoms with Crippen LogP contribution < -0.4 is 10.6 Å². The molecule has 0 fully saturated rings. The molecular formula is C15H26N2O. The third-order valence-electron chi connectivity index (χ3n) is 2.29. The fourth-order valence-corrected chi connectivity index (χ4v) is 1.39. The molecular weight excluding hydrogens is 224 g/mol. The number of anilines is 1. The zero-order chi connectivity index (χ0) is 12.9. The molecule has 0 aliphatic carbocycles. The minimum atomic E-state index is -0.00180. The molecule has 1 rings (SSSR count). The van der Waals surface area contributed by atoms with Crippen LogP contribution in [0.5, 0.6) is 0 Å². The standard InChI is InChI=1S/C14H22N2O.CH4/c1-11(17)15-9-12-6-5-7-13(8-12)16-10-14(2,3)4;/h5-8,16H,9-10H2,1-4H3,(H,15,17);1H4. The van der Waals surface area contributed by atoms with Gasteiger partial charge in [0.1, 0.15) is 0 Å². The van der Waals surface area contributed by atoms with E-state index in [1.807, 2.05) is 18.2 Å². The maximum Gasteiger partial charge on any atom is 0.217 e. The predicted molar refractivity (Wildman–Crippen MR) is 78.6 cm³/mol. The second-order valence-corrected chi connectivity index (χ2v) is 5.52. The van der Waals surface area contributed by atoms with Gasteiger partial charge in [-0.3, -0.25) is 4.79 Å². The van der Waals surface area contributed by atoms with Gasteiger partial charge < -0.3 is 10.6 Å². The van der Waals surface area contributed by atoms with E-state index >= 15 is 0 Å². The Labute approximate surface area is 111 Å². The van der Waals surface area contributed by atoms with Crippen molar-refractivity contribution in [3.8, 4) is 0 Å². The molecule has 0 aromatic heterocycles. The van der Waals surface area contributed by atoms with E-state index in [2.05, 4.69) is 37.5 Å². The number of nitrogens with one attached hydrogen (secondary N) is 2. The first-order chi connectivity index (χ1) is 7.87. The highest BCUT2D eigenvalue weighted by atomic mass is 16.1. The highest BCUT2D eigenvalue weighted by Gasteiger charge is 2.09. The zero-order valence-corrected chi connectivity index (χ0v) is 11.1. The summed E-state index contributed by atoms with van der Waals surface area (Å²) in [5.74, 6) is -0.00180. The van der Waals surface area contributed by atoms with Crippen molar-refractivity contribution in [2.45, 2.75) is 41.7 Å². The molecule has 0 atom stereocenters. The Balaban J connectivity index is 0.00000289. The van der Waals surface area contributed by atoms with E-state index in [9.17, 15) is 4.79 Å². The summed E-state index contributed by atoms with van der Waals surface area (Å²) in [4.78, 5) is 10.8. The van der Waals surface area contributed by atoms with Crippen LogP contribution in [0.15, 0.2) is 24.3 Å². The van der Waals surface area contributed by atoms with Crippen molar-refractivity contribution in [1.29, 1.82) is 0 Å².